The van der Waals surface area contributed by atoms with Gasteiger partial charge in [-0.2, -0.15) is 0 Å². The van der Waals surface area contributed by atoms with E-state index in [0.717, 1.165) is 0 Å². The third-order valence-corrected chi connectivity index (χ3v) is 5.17. The Hall–Kier alpha value is 0.310. The molecular formula is C7H20NO2P. The summed E-state index contributed by atoms with van der Waals surface area (Å²) < 4.78 is 1.68. The summed E-state index contributed by atoms with van der Waals surface area (Å²) in [5.74, 6) is 0. The summed E-state index contributed by atoms with van der Waals surface area (Å²) >= 11 is 0. The van der Waals surface area contributed by atoms with Gasteiger partial charge in [0, 0.05) is 0 Å². The first kappa shape index (κ1) is 11.3. The van der Waals surface area contributed by atoms with Gasteiger partial charge in [-0.1, -0.05) is 0 Å². The first-order chi connectivity index (χ1) is 4.80. The molecule has 0 saturated heterocycles. The van der Waals surface area contributed by atoms with Gasteiger partial charge in [-0.3, -0.25) is 0 Å². The molecule has 0 bridgehead atoms. The monoisotopic (exact) mass is 181 g/mol. The fraction of sp³-hybridized carbons (Fsp3) is 1.00. The summed E-state index contributed by atoms with van der Waals surface area (Å²) in [6.07, 6.45) is 0. The Balaban J connectivity index is 4.29. The Morgan fingerprint density at radius 1 is 1.09 bits per heavy atom. The second-order valence-electron chi connectivity index (χ2n) is 3.55. The fourth-order valence-electron chi connectivity index (χ4n) is 0.787. The zero-order valence-electron chi connectivity index (χ0n) is 8.00. The van der Waals surface area contributed by atoms with Crippen LogP contribution in [0.1, 0.15) is 27.7 Å². The van der Waals surface area contributed by atoms with Gasteiger partial charge in [-0.25, -0.2) is 0 Å². The van der Waals surface area contributed by atoms with E-state index in [1.165, 1.54) is 0 Å². The average Bonchev–Trinajstić information content (AvgIpc) is 1.85. The van der Waals surface area contributed by atoms with Crippen molar-refractivity contribution in [1.29, 1.82) is 0 Å². The van der Waals surface area contributed by atoms with Crippen molar-refractivity contribution in [1.82, 2.24) is 4.67 Å². The van der Waals surface area contributed by atoms with Gasteiger partial charge in [-0.05, 0) is 0 Å². The molecule has 70 valence electrons. The van der Waals surface area contributed by atoms with Crippen molar-refractivity contribution in [2.45, 2.75) is 39.4 Å². The van der Waals surface area contributed by atoms with Crippen molar-refractivity contribution in [2.75, 3.05) is 7.05 Å². The van der Waals surface area contributed by atoms with Gasteiger partial charge in [0.1, 0.15) is 0 Å². The van der Waals surface area contributed by atoms with Crippen LogP contribution >= 0.6 is 7.87 Å². The van der Waals surface area contributed by atoms with Crippen molar-refractivity contribution >= 4 is 7.87 Å². The zero-order valence-corrected chi connectivity index (χ0v) is 9.00. The van der Waals surface area contributed by atoms with Crippen LogP contribution in [0.2, 0.25) is 0 Å². The molecule has 0 spiro atoms. The minimum atomic E-state index is -3.11. The molecule has 0 heterocycles. The van der Waals surface area contributed by atoms with E-state index in [1.807, 2.05) is 27.7 Å². The predicted molar refractivity (Wildman–Crippen MR) is 50.8 cm³/mol. The molecule has 4 heteroatoms. The van der Waals surface area contributed by atoms with Crippen molar-refractivity contribution in [2.24, 2.45) is 0 Å². The molecule has 0 aliphatic carbocycles. The van der Waals surface area contributed by atoms with E-state index in [1.54, 1.807) is 11.7 Å². The first-order valence-electron chi connectivity index (χ1n) is 3.97. The van der Waals surface area contributed by atoms with E-state index in [2.05, 4.69) is 0 Å². The Labute approximate surface area is 69.6 Å². The fourth-order valence-corrected chi connectivity index (χ4v) is 2.36. The van der Waals surface area contributed by atoms with Gasteiger partial charge in [0.05, 0.1) is 0 Å². The molecule has 3 nitrogen and oxygen atoms in total. The summed E-state index contributed by atoms with van der Waals surface area (Å²) in [5.41, 5.74) is -0.0464. The molecule has 11 heavy (non-hydrogen) atoms. The van der Waals surface area contributed by atoms with E-state index in [4.69, 9.17) is 0 Å². The van der Waals surface area contributed by atoms with E-state index >= 15 is 0 Å². The Bertz CT molecular complexity index is 126. The Morgan fingerprint density at radius 3 is 1.55 bits per heavy atom. The summed E-state index contributed by atoms with van der Waals surface area (Å²) in [5, 5.41) is 0. The van der Waals surface area contributed by atoms with Crippen molar-refractivity contribution < 1.29 is 9.79 Å². The minimum absolute atomic E-state index is 0.0464. The molecule has 0 aromatic heterocycles. The third kappa shape index (κ3) is 2.68. The van der Waals surface area contributed by atoms with Crippen molar-refractivity contribution in [3.05, 3.63) is 0 Å². The van der Waals surface area contributed by atoms with E-state index < -0.39 is 7.87 Å². The standard InChI is InChI=1S/C7H20NO2P/c1-6(2)8(5)11(9,10)7(3)4/h6-7,9-11H,1-5H3. The van der Waals surface area contributed by atoms with Crippen molar-refractivity contribution in [3.63, 3.8) is 0 Å². The van der Waals surface area contributed by atoms with E-state index in [9.17, 15) is 9.79 Å². The van der Waals surface area contributed by atoms with Crippen LogP contribution in [0.4, 0.5) is 0 Å². The topological polar surface area (TPSA) is 43.7 Å². The predicted octanol–water partition coefficient (Wildman–Crippen LogP) is 1.21. The van der Waals surface area contributed by atoms with Gasteiger partial charge < -0.3 is 0 Å². The molecule has 0 aliphatic rings. The van der Waals surface area contributed by atoms with E-state index in [0.29, 0.717) is 0 Å². The van der Waals surface area contributed by atoms with Crippen molar-refractivity contribution in [3.8, 4) is 0 Å². The van der Waals surface area contributed by atoms with Crippen LogP contribution < -0.4 is 0 Å². The van der Waals surface area contributed by atoms with Gasteiger partial charge in [0.15, 0.2) is 0 Å². The number of nitrogens with zero attached hydrogens (tertiary/aromatic N) is 1. The van der Waals surface area contributed by atoms with Gasteiger partial charge >= 0.3 is 68.8 Å². The van der Waals surface area contributed by atoms with Gasteiger partial charge in [0.25, 0.3) is 0 Å². The summed E-state index contributed by atoms with van der Waals surface area (Å²) in [6.45, 7) is 7.59. The first-order valence-corrected chi connectivity index (χ1v) is 5.89. The molecule has 0 amide bonds. The quantitative estimate of drug-likeness (QED) is 0.643. The van der Waals surface area contributed by atoms with Gasteiger partial charge in [-0.15, -0.1) is 0 Å². The maximum absolute atomic E-state index is 9.65. The summed E-state index contributed by atoms with van der Waals surface area (Å²) in [6, 6.07) is 0.194. The molecular weight excluding hydrogens is 161 g/mol. The average molecular weight is 181 g/mol. The zero-order chi connectivity index (χ0) is 9.23. The molecule has 0 fully saturated rings. The molecule has 0 saturated carbocycles. The molecule has 0 radical (unpaired) electrons. The normalized spacial score (nSPS) is 15.1. The maximum atomic E-state index is 9.65. The molecule has 0 atom stereocenters. The number of hydrogen-bond donors (Lipinski definition) is 2. The molecule has 0 aliphatic heterocycles. The van der Waals surface area contributed by atoms with Crippen LogP contribution in [0.25, 0.3) is 0 Å². The second-order valence-corrected chi connectivity index (χ2v) is 6.78. The molecule has 0 aromatic rings. The molecule has 2 N–H and O–H groups in total. The second kappa shape index (κ2) is 3.81. The Kier molecular flexibility index (Phi) is 3.92. The van der Waals surface area contributed by atoms with E-state index in [-0.39, 0.29) is 11.7 Å². The van der Waals surface area contributed by atoms with Crippen LogP contribution in [0.15, 0.2) is 0 Å². The number of rotatable bonds is 3. The number of hydrogen-bond acceptors (Lipinski definition) is 3. The third-order valence-electron chi connectivity index (χ3n) is 2.07. The van der Waals surface area contributed by atoms with Crippen LogP contribution in [-0.2, 0) is 0 Å². The summed E-state index contributed by atoms with van der Waals surface area (Å²) in [4.78, 5) is 19.3. The summed E-state index contributed by atoms with van der Waals surface area (Å²) in [7, 11) is -1.35. The van der Waals surface area contributed by atoms with Crippen LogP contribution in [0.5, 0.6) is 0 Å². The molecule has 0 aromatic carbocycles. The molecule has 0 unspecified atom stereocenters. The van der Waals surface area contributed by atoms with Crippen LogP contribution in [0.3, 0.4) is 0 Å². The SMILES string of the molecule is CC(C)N(C)[PH](O)(O)C(C)C. The molecule has 0 rings (SSSR count). The van der Waals surface area contributed by atoms with Crippen LogP contribution in [0, 0.1) is 0 Å². The Morgan fingerprint density at radius 2 is 1.45 bits per heavy atom. The van der Waals surface area contributed by atoms with Gasteiger partial charge in [0.2, 0.25) is 0 Å². The van der Waals surface area contributed by atoms with Crippen LogP contribution in [-0.4, -0.2) is 33.2 Å².